The monoisotopic (exact) mass is 210 g/mol. The highest BCUT2D eigenvalue weighted by atomic mass is 16.3. The van der Waals surface area contributed by atoms with Gasteiger partial charge in [0, 0.05) is 12.4 Å². The number of hydrogen-bond acceptors (Lipinski definition) is 3. The summed E-state index contributed by atoms with van der Waals surface area (Å²) in [5, 5.41) is 0. The van der Waals surface area contributed by atoms with Crippen molar-refractivity contribution in [2.24, 2.45) is 0 Å². The molecule has 0 aliphatic rings. The maximum absolute atomic E-state index is 5.73. The van der Waals surface area contributed by atoms with Gasteiger partial charge in [0.1, 0.15) is 5.52 Å². The first kappa shape index (κ1) is 9.09. The van der Waals surface area contributed by atoms with Crippen molar-refractivity contribution in [3.63, 3.8) is 0 Å². The maximum Gasteiger partial charge on any atom is 0.228 e. The molecule has 3 aromatic rings. The molecule has 3 heteroatoms. The second kappa shape index (κ2) is 3.45. The molecule has 0 aliphatic carbocycles. The molecule has 0 N–H and O–H groups in total. The lowest BCUT2D eigenvalue weighted by Gasteiger charge is -1.92. The molecule has 0 spiro atoms. The van der Waals surface area contributed by atoms with Crippen LogP contribution in [0.1, 0.15) is 5.56 Å². The SMILES string of the molecule is Cc1cccc2nc(-c3cccnc3)oc12. The average Bonchev–Trinajstić information content (AvgIpc) is 2.76. The summed E-state index contributed by atoms with van der Waals surface area (Å²) < 4.78 is 5.73. The molecule has 3 nitrogen and oxygen atoms in total. The lowest BCUT2D eigenvalue weighted by Crippen LogP contribution is -1.77. The fraction of sp³-hybridized carbons (Fsp3) is 0.0769. The molecule has 0 saturated heterocycles. The fourth-order valence-electron chi connectivity index (χ4n) is 1.70. The van der Waals surface area contributed by atoms with Gasteiger partial charge in [-0.15, -0.1) is 0 Å². The van der Waals surface area contributed by atoms with Crippen molar-refractivity contribution in [3.05, 3.63) is 48.3 Å². The van der Waals surface area contributed by atoms with Gasteiger partial charge in [0.25, 0.3) is 0 Å². The molecule has 0 radical (unpaired) electrons. The molecular formula is C13H10N2O. The molecule has 0 amide bonds. The summed E-state index contributed by atoms with van der Waals surface area (Å²) in [6.45, 7) is 2.01. The number of benzene rings is 1. The van der Waals surface area contributed by atoms with E-state index in [0.717, 1.165) is 22.2 Å². The first-order chi connectivity index (χ1) is 7.84. The molecule has 0 bridgehead atoms. The third-order valence-corrected chi connectivity index (χ3v) is 2.52. The largest absolute Gasteiger partial charge is 0.436 e. The van der Waals surface area contributed by atoms with Gasteiger partial charge in [-0.2, -0.15) is 0 Å². The zero-order chi connectivity index (χ0) is 11.0. The standard InChI is InChI=1S/C13H10N2O/c1-9-4-2-6-11-12(9)16-13(15-11)10-5-3-7-14-8-10/h2-8H,1H3. The minimum absolute atomic E-state index is 0.623. The number of oxazole rings is 1. The average molecular weight is 210 g/mol. The second-order valence-corrected chi connectivity index (χ2v) is 3.68. The van der Waals surface area contributed by atoms with E-state index in [4.69, 9.17) is 4.42 Å². The van der Waals surface area contributed by atoms with Crippen molar-refractivity contribution in [1.29, 1.82) is 0 Å². The number of aryl methyl sites for hydroxylation is 1. The number of nitrogens with zero attached hydrogens (tertiary/aromatic N) is 2. The van der Waals surface area contributed by atoms with E-state index in [1.165, 1.54) is 0 Å². The Kier molecular flexibility index (Phi) is 1.96. The first-order valence-corrected chi connectivity index (χ1v) is 5.11. The van der Waals surface area contributed by atoms with E-state index < -0.39 is 0 Å². The van der Waals surface area contributed by atoms with E-state index in [0.29, 0.717) is 5.89 Å². The lowest BCUT2D eigenvalue weighted by atomic mass is 10.2. The number of para-hydroxylation sites is 1. The van der Waals surface area contributed by atoms with Crippen LogP contribution in [0.25, 0.3) is 22.6 Å². The summed E-state index contributed by atoms with van der Waals surface area (Å²) in [7, 11) is 0. The van der Waals surface area contributed by atoms with Crippen LogP contribution >= 0.6 is 0 Å². The normalized spacial score (nSPS) is 10.8. The smallest absolute Gasteiger partial charge is 0.228 e. The topological polar surface area (TPSA) is 38.9 Å². The lowest BCUT2D eigenvalue weighted by molar-refractivity contribution is 0.617. The van der Waals surface area contributed by atoms with Crippen LogP contribution in [-0.4, -0.2) is 9.97 Å². The van der Waals surface area contributed by atoms with Gasteiger partial charge in [-0.25, -0.2) is 4.98 Å². The molecule has 0 aliphatic heterocycles. The summed E-state index contributed by atoms with van der Waals surface area (Å²) in [4.78, 5) is 8.49. The number of pyridine rings is 1. The van der Waals surface area contributed by atoms with E-state index in [1.807, 2.05) is 37.3 Å². The van der Waals surface area contributed by atoms with E-state index in [9.17, 15) is 0 Å². The van der Waals surface area contributed by atoms with Crippen molar-refractivity contribution in [1.82, 2.24) is 9.97 Å². The quantitative estimate of drug-likeness (QED) is 0.619. The Balaban J connectivity index is 2.23. The molecule has 78 valence electrons. The zero-order valence-corrected chi connectivity index (χ0v) is 8.84. The second-order valence-electron chi connectivity index (χ2n) is 3.68. The number of hydrogen-bond donors (Lipinski definition) is 0. The highest BCUT2D eigenvalue weighted by Crippen LogP contribution is 2.25. The van der Waals surface area contributed by atoms with Crippen LogP contribution in [0.2, 0.25) is 0 Å². The number of aromatic nitrogens is 2. The summed E-state index contributed by atoms with van der Waals surface area (Å²) >= 11 is 0. The summed E-state index contributed by atoms with van der Waals surface area (Å²) in [6, 6.07) is 9.75. The van der Waals surface area contributed by atoms with Gasteiger partial charge < -0.3 is 4.42 Å². The van der Waals surface area contributed by atoms with Gasteiger partial charge in [0.15, 0.2) is 5.58 Å². The molecule has 2 heterocycles. The van der Waals surface area contributed by atoms with Crippen LogP contribution < -0.4 is 0 Å². The van der Waals surface area contributed by atoms with Crippen molar-refractivity contribution in [2.75, 3.05) is 0 Å². The van der Waals surface area contributed by atoms with Gasteiger partial charge in [-0.1, -0.05) is 12.1 Å². The molecule has 0 atom stereocenters. The van der Waals surface area contributed by atoms with Crippen molar-refractivity contribution in [2.45, 2.75) is 6.92 Å². The van der Waals surface area contributed by atoms with Gasteiger partial charge >= 0.3 is 0 Å². The zero-order valence-electron chi connectivity index (χ0n) is 8.84. The van der Waals surface area contributed by atoms with Gasteiger partial charge in [0.2, 0.25) is 5.89 Å². The summed E-state index contributed by atoms with van der Waals surface area (Å²) in [5.74, 6) is 0.623. The Bertz CT molecular complexity index is 629. The highest BCUT2D eigenvalue weighted by Gasteiger charge is 2.08. The van der Waals surface area contributed by atoms with Gasteiger partial charge in [0.05, 0.1) is 5.56 Å². The molecule has 0 saturated carbocycles. The molecule has 0 fully saturated rings. The van der Waals surface area contributed by atoms with Crippen molar-refractivity contribution < 1.29 is 4.42 Å². The highest BCUT2D eigenvalue weighted by molar-refractivity contribution is 5.78. The predicted octanol–water partition coefficient (Wildman–Crippen LogP) is 3.20. The molecule has 16 heavy (non-hydrogen) atoms. The summed E-state index contributed by atoms with van der Waals surface area (Å²) in [6.07, 6.45) is 3.48. The Hall–Kier alpha value is -2.16. The Morgan fingerprint density at radius 3 is 2.81 bits per heavy atom. The predicted molar refractivity (Wildman–Crippen MR) is 62.0 cm³/mol. The van der Waals surface area contributed by atoms with E-state index in [1.54, 1.807) is 12.4 Å². The minimum atomic E-state index is 0.623. The van der Waals surface area contributed by atoms with Crippen LogP contribution in [-0.2, 0) is 0 Å². The van der Waals surface area contributed by atoms with Crippen LogP contribution in [0.3, 0.4) is 0 Å². The van der Waals surface area contributed by atoms with Crippen LogP contribution in [0, 0.1) is 6.92 Å². The fourth-order valence-corrected chi connectivity index (χ4v) is 1.70. The Morgan fingerprint density at radius 2 is 2.06 bits per heavy atom. The van der Waals surface area contributed by atoms with Crippen molar-refractivity contribution >= 4 is 11.1 Å². The minimum Gasteiger partial charge on any atom is -0.436 e. The molecule has 3 rings (SSSR count). The van der Waals surface area contributed by atoms with E-state index >= 15 is 0 Å². The van der Waals surface area contributed by atoms with Gasteiger partial charge in [-0.05, 0) is 30.7 Å². The molecule has 1 aromatic carbocycles. The molecule has 2 aromatic heterocycles. The van der Waals surface area contributed by atoms with Crippen LogP contribution in [0.15, 0.2) is 47.1 Å². The first-order valence-electron chi connectivity index (χ1n) is 5.11. The third kappa shape index (κ3) is 1.37. The number of rotatable bonds is 1. The van der Waals surface area contributed by atoms with Crippen LogP contribution in [0.4, 0.5) is 0 Å². The van der Waals surface area contributed by atoms with E-state index in [2.05, 4.69) is 9.97 Å². The van der Waals surface area contributed by atoms with Crippen LogP contribution in [0.5, 0.6) is 0 Å². The maximum atomic E-state index is 5.73. The summed E-state index contributed by atoms with van der Waals surface area (Å²) in [5.41, 5.74) is 3.73. The molecular weight excluding hydrogens is 200 g/mol. The Morgan fingerprint density at radius 1 is 1.12 bits per heavy atom. The Labute approximate surface area is 92.8 Å². The molecule has 0 unspecified atom stereocenters. The van der Waals surface area contributed by atoms with Crippen molar-refractivity contribution in [3.8, 4) is 11.5 Å². The van der Waals surface area contributed by atoms with E-state index in [-0.39, 0.29) is 0 Å². The third-order valence-electron chi connectivity index (χ3n) is 2.52. The van der Waals surface area contributed by atoms with Gasteiger partial charge in [-0.3, -0.25) is 4.98 Å². The number of fused-ring (bicyclic) bond motifs is 1.